The number of nitrogens with zero attached hydrogens (tertiary/aromatic N) is 1. The van der Waals surface area contributed by atoms with Crippen LogP contribution in [0.15, 0.2) is 52.1 Å². The van der Waals surface area contributed by atoms with Gasteiger partial charge in [-0.3, -0.25) is 9.59 Å². The van der Waals surface area contributed by atoms with Gasteiger partial charge in [0.1, 0.15) is 0 Å². The zero-order valence-corrected chi connectivity index (χ0v) is 19.4. The quantitative estimate of drug-likeness (QED) is 0.402. The van der Waals surface area contributed by atoms with Crippen molar-refractivity contribution in [1.82, 2.24) is 4.90 Å². The highest BCUT2D eigenvalue weighted by atomic mass is 35.5. The first kappa shape index (κ1) is 22.5. The van der Waals surface area contributed by atoms with Crippen molar-refractivity contribution in [2.24, 2.45) is 0 Å². The van der Waals surface area contributed by atoms with Crippen LogP contribution in [-0.4, -0.2) is 35.4 Å². The Morgan fingerprint density at radius 1 is 1.16 bits per heavy atom. The third kappa shape index (κ3) is 3.72. The van der Waals surface area contributed by atoms with Crippen molar-refractivity contribution >= 4 is 57.5 Å². The van der Waals surface area contributed by atoms with Gasteiger partial charge in [-0.1, -0.05) is 47.8 Å². The number of fused-ring (bicyclic) bond motifs is 1. The number of carbonyl (C=O) groups excluding carboxylic acids is 2. The van der Waals surface area contributed by atoms with Crippen molar-refractivity contribution in [1.29, 1.82) is 0 Å². The number of aliphatic hydroxyl groups excluding tert-OH is 1. The van der Waals surface area contributed by atoms with Crippen LogP contribution in [0.25, 0.3) is 11.0 Å². The standard InChI is InChI=1S/C23H18Cl3NO5/c1-3-6-27-19(11-4-5-14(25)15(26)8-11)18(21(29)23(27)30)20(28)16-9-12-7-13(24)10-17(31-2)22(12)32-16/h4-5,7-10,19,29H,3,6H2,1-2H3. The lowest BCUT2D eigenvalue weighted by Crippen LogP contribution is -2.31. The molecular formula is C23H18Cl3NO5. The number of halogens is 3. The van der Waals surface area contributed by atoms with Gasteiger partial charge in [-0.05, 0) is 36.2 Å². The van der Waals surface area contributed by atoms with Crippen LogP contribution >= 0.6 is 34.8 Å². The van der Waals surface area contributed by atoms with Crippen molar-refractivity contribution in [3.63, 3.8) is 0 Å². The Kier molecular flexibility index (Phi) is 6.12. The molecule has 1 amide bonds. The second-order valence-electron chi connectivity index (χ2n) is 7.30. The van der Waals surface area contributed by atoms with Crippen LogP contribution in [0.5, 0.6) is 5.75 Å². The Bertz CT molecular complexity index is 1280. The molecule has 6 nitrogen and oxygen atoms in total. The van der Waals surface area contributed by atoms with Crippen LogP contribution in [0.4, 0.5) is 0 Å². The summed E-state index contributed by atoms with van der Waals surface area (Å²) in [4.78, 5) is 27.8. The molecule has 1 N–H and O–H groups in total. The highest BCUT2D eigenvalue weighted by Gasteiger charge is 2.44. The molecule has 2 aromatic carbocycles. The van der Waals surface area contributed by atoms with Gasteiger partial charge >= 0.3 is 0 Å². The topological polar surface area (TPSA) is 80.0 Å². The molecule has 32 heavy (non-hydrogen) atoms. The monoisotopic (exact) mass is 493 g/mol. The van der Waals surface area contributed by atoms with Gasteiger partial charge in [0.25, 0.3) is 5.91 Å². The average molecular weight is 495 g/mol. The zero-order valence-electron chi connectivity index (χ0n) is 17.1. The molecule has 1 aliphatic rings. The molecule has 1 aliphatic heterocycles. The van der Waals surface area contributed by atoms with Crippen molar-refractivity contribution in [3.8, 4) is 5.75 Å². The number of ketones is 1. The number of benzene rings is 2. The van der Waals surface area contributed by atoms with E-state index >= 15 is 0 Å². The maximum absolute atomic E-state index is 13.5. The molecule has 2 heterocycles. The number of hydrogen-bond donors (Lipinski definition) is 1. The molecule has 0 saturated heterocycles. The van der Waals surface area contributed by atoms with Crippen molar-refractivity contribution < 1.29 is 23.8 Å². The highest BCUT2D eigenvalue weighted by molar-refractivity contribution is 6.42. The normalized spacial score (nSPS) is 16.3. The Morgan fingerprint density at radius 2 is 1.91 bits per heavy atom. The van der Waals surface area contributed by atoms with E-state index in [1.807, 2.05) is 6.92 Å². The molecule has 4 rings (SSSR count). The molecular weight excluding hydrogens is 477 g/mol. The predicted octanol–water partition coefficient (Wildman–Crippen LogP) is 6.39. The van der Waals surface area contributed by atoms with Crippen molar-refractivity contribution in [2.45, 2.75) is 19.4 Å². The summed E-state index contributed by atoms with van der Waals surface area (Å²) in [5.41, 5.74) is 0.789. The van der Waals surface area contributed by atoms with Crippen LogP contribution < -0.4 is 4.74 Å². The van der Waals surface area contributed by atoms with Gasteiger partial charge in [0, 0.05) is 23.0 Å². The second-order valence-corrected chi connectivity index (χ2v) is 8.55. The van der Waals surface area contributed by atoms with Gasteiger partial charge in [-0.15, -0.1) is 0 Å². The fraction of sp³-hybridized carbons (Fsp3) is 0.217. The summed E-state index contributed by atoms with van der Waals surface area (Å²) < 4.78 is 11.1. The molecule has 0 fully saturated rings. The number of rotatable bonds is 6. The predicted molar refractivity (Wildman–Crippen MR) is 123 cm³/mol. The molecule has 0 radical (unpaired) electrons. The average Bonchev–Trinajstić information content (AvgIpc) is 3.29. The summed E-state index contributed by atoms with van der Waals surface area (Å²) in [5.74, 6) is -1.58. The first-order chi connectivity index (χ1) is 15.3. The molecule has 166 valence electrons. The van der Waals surface area contributed by atoms with E-state index in [0.29, 0.717) is 45.3 Å². The number of hydrogen-bond acceptors (Lipinski definition) is 5. The summed E-state index contributed by atoms with van der Waals surface area (Å²) in [7, 11) is 1.46. The molecule has 9 heteroatoms. The van der Waals surface area contributed by atoms with E-state index in [1.165, 1.54) is 18.1 Å². The number of amides is 1. The van der Waals surface area contributed by atoms with Gasteiger partial charge in [-0.2, -0.15) is 0 Å². The lowest BCUT2D eigenvalue weighted by Gasteiger charge is -2.26. The zero-order chi connectivity index (χ0) is 23.2. The number of Topliss-reactive ketones (excluding diaryl/α,β-unsaturated/α-hetero) is 1. The van der Waals surface area contributed by atoms with E-state index in [0.717, 1.165) is 0 Å². The van der Waals surface area contributed by atoms with E-state index in [4.69, 9.17) is 44.0 Å². The first-order valence-corrected chi connectivity index (χ1v) is 10.9. The molecule has 0 bridgehead atoms. The van der Waals surface area contributed by atoms with Crippen LogP contribution in [0.3, 0.4) is 0 Å². The summed E-state index contributed by atoms with van der Waals surface area (Å²) in [5, 5.41) is 12.3. The maximum atomic E-state index is 13.5. The van der Waals surface area contributed by atoms with Crippen molar-refractivity contribution in [3.05, 3.63) is 74.1 Å². The van der Waals surface area contributed by atoms with Crippen LogP contribution in [0.2, 0.25) is 15.1 Å². The van der Waals surface area contributed by atoms with Crippen LogP contribution in [0, 0.1) is 0 Å². The van der Waals surface area contributed by atoms with Gasteiger partial charge in [0.2, 0.25) is 5.78 Å². The van der Waals surface area contributed by atoms with Crippen LogP contribution in [0.1, 0.15) is 35.5 Å². The molecule has 3 aromatic rings. The van der Waals surface area contributed by atoms with Gasteiger partial charge in [-0.25, -0.2) is 0 Å². The van der Waals surface area contributed by atoms with Gasteiger partial charge in [0.05, 0.1) is 28.8 Å². The number of aliphatic hydroxyl groups is 1. The lowest BCUT2D eigenvalue weighted by molar-refractivity contribution is -0.129. The number of carbonyl (C=O) groups is 2. The summed E-state index contributed by atoms with van der Waals surface area (Å²) in [6.07, 6.45) is 0.624. The summed E-state index contributed by atoms with van der Waals surface area (Å²) in [6.45, 7) is 2.22. The van der Waals surface area contributed by atoms with E-state index in [-0.39, 0.29) is 16.4 Å². The number of ether oxygens (including phenoxy) is 1. The Morgan fingerprint density at radius 3 is 2.56 bits per heavy atom. The number of furan rings is 1. The minimum atomic E-state index is -0.844. The SMILES string of the molecule is CCCN1C(=O)C(O)=C(C(=O)c2cc3cc(Cl)cc(OC)c3o2)C1c1ccc(Cl)c(Cl)c1. The largest absolute Gasteiger partial charge is 0.503 e. The molecule has 1 aromatic heterocycles. The smallest absolute Gasteiger partial charge is 0.290 e. The lowest BCUT2D eigenvalue weighted by atomic mass is 9.95. The molecule has 0 aliphatic carbocycles. The van der Waals surface area contributed by atoms with Crippen LogP contribution in [-0.2, 0) is 4.79 Å². The van der Waals surface area contributed by atoms with E-state index in [2.05, 4.69) is 0 Å². The highest BCUT2D eigenvalue weighted by Crippen LogP contribution is 2.42. The second kappa shape index (κ2) is 8.70. The van der Waals surface area contributed by atoms with E-state index < -0.39 is 23.5 Å². The first-order valence-electron chi connectivity index (χ1n) is 9.77. The fourth-order valence-electron chi connectivity index (χ4n) is 3.87. The molecule has 1 unspecified atom stereocenters. The fourth-order valence-corrected chi connectivity index (χ4v) is 4.39. The molecule has 0 spiro atoms. The van der Waals surface area contributed by atoms with E-state index in [9.17, 15) is 14.7 Å². The maximum Gasteiger partial charge on any atom is 0.290 e. The third-order valence-corrected chi connectivity index (χ3v) is 6.22. The Balaban J connectivity index is 1.85. The van der Waals surface area contributed by atoms with Gasteiger partial charge in [0.15, 0.2) is 22.9 Å². The Hall–Kier alpha value is -2.67. The minimum Gasteiger partial charge on any atom is -0.503 e. The van der Waals surface area contributed by atoms with Gasteiger partial charge < -0.3 is 19.2 Å². The molecule has 0 saturated carbocycles. The number of methoxy groups -OCH3 is 1. The molecule has 1 atom stereocenters. The minimum absolute atomic E-state index is 0.0571. The summed E-state index contributed by atoms with van der Waals surface area (Å²) >= 11 is 18.4. The summed E-state index contributed by atoms with van der Waals surface area (Å²) in [6, 6.07) is 8.69. The van der Waals surface area contributed by atoms with Crippen molar-refractivity contribution in [2.75, 3.05) is 13.7 Å². The third-order valence-electron chi connectivity index (χ3n) is 5.26. The van der Waals surface area contributed by atoms with E-state index in [1.54, 1.807) is 30.3 Å². The Labute approximate surface area is 198 Å².